The van der Waals surface area contributed by atoms with E-state index in [1.165, 1.54) is 13.2 Å². The van der Waals surface area contributed by atoms with Crippen LogP contribution in [0.2, 0.25) is 0 Å². The van der Waals surface area contributed by atoms with Gasteiger partial charge in [-0.05, 0) is 30.2 Å². The molecule has 24 heavy (non-hydrogen) atoms. The van der Waals surface area contributed by atoms with Gasteiger partial charge >= 0.3 is 6.18 Å². The highest BCUT2D eigenvalue weighted by atomic mass is 19.4. The average molecular weight is 343 g/mol. The second kappa shape index (κ2) is 8.05. The molecule has 0 saturated carbocycles. The summed E-state index contributed by atoms with van der Waals surface area (Å²) in [6, 6.07) is 4.86. The van der Waals surface area contributed by atoms with E-state index in [-0.39, 0.29) is 11.5 Å². The molecular weight excluding hydrogens is 323 g/mol. The summed E-state index contributed by atoms with van der Waals surface area (Å²) in [6.07, 6.45) is -0.627. The zero-order chi connectivity index (χ0) is 17.6. The summed E-state index contributed by atoms with van der Waals surface area (Å²) in [5.74, 6) is 0.354. The van der Waals surface area contributed by atoms with Gasteiger partial charge in [-0.3, -0.25) is 4.68 Å². The predicted molar refractivity (Wildman–Crippen MR) is 83.2 cm³/mol. The zero-order valence-electron chi connectivity index (χ0n) is 13.6. The van der Waals surface area contributed by atoms with Gasteiger partial charge in [0, 0.05) is 19.3 Å². The second-order valence-corrected chi connectivity index (χ2v) is 5.35. The number of aromatic nitrogens is 2. The van der Waals surface area contributed by atoms with Gasteiger partial charge in [0.05, 0.1) is 19.9 Å². The normalized spacial score (nSPS) is 11.5. The van der Waals surface area contributed by atoms with Crippen molar-refractivity contribution in [3.63, 3.8) is 0 Å². The number of alkyl halides is 3. The summed E-state index contributed by atoms with van der Waals surface area (Å²) in [6.45, 7) is 2.65. The molecule has 0 atom stereocenters. The molecule has 5 nitrogen and oxygen atoms in total. The summed E-state index contributed by atoms with van der Waals surface area (Å²) < 4.78 is 48.4. The fourth-order valence-corrected chi connectivity index (χ4v) is 2.12. The Hall–Kier alpha value is -2.22. The number of hydrogen-bond acceptors (Lipinski definition) is 4. The van der Waals surface area contributed by atoms with E-state index in [9.17, 15) is 13.2 Å². The van der Waals surface area contributed by atoms with E-state index in [0.717, 1.165) is 24.2 Å². The third-order valence-electron chi connectivity index (χ3n) is 3.23. The summed E-state index contributed by atoms with van der Waals surface area (Å²) in [5, 5.41) is 7.44. The number of halogens is 3. The number of benzene rings is 1. The van der Waals surface area contributed by atoms with Crippen molar-refractivity contribution in [2.75, 3.05) is 20.3 Å². The van der Waals surface area contributed by atoms with E-state index in [1.54, 1.807) is 18.3 Å². The molecule has 1 aromatic heterocycles. The van der Waals surface area contributed by atoms with Crippen molar-refractivity contribution < 1.29 is 22.6 Å². The van der Waals surface area contributed by atoms with Crippen LogP contribution in [0.5, 0.6) is 11.5 Å². The van der Waals surface area contributed by atoms with E-state index in [4.69, 9.17) is 9.47 Å². The molecule has 2 aromatic rings. The summed E-state index contributed by atoms with van der Waals surface area (Å²) in [7, 11) is 1.40. The minimum Gasteiger partial charge on any atom is -0.493 e. The Kier molecular flexibility index (Phi) is 6.08. The Bertz CT molecular complexity index is 656. The summed E-state index contributed by atoms with van der Waals surface area (Å²) in [5.41, 5.74) is 2.00. The van der Waals surface area contributed by atoms with E-state index in [1.807, 2.05) is 17.8 Å². The number of aryl methyl sites for hydroxylation is 1. The van der Waals surface area contributed by atoms with Crippen LogP contribution in [-0.4, -0.2) is 36.2 Å². The molecule has 0 amide bonds. The number of methoxy groups -OCH3 is 1. The van der Waals surface area contributed by atoms with Gasteiger partial charge in [0.2, 0.25) is 0 Å². The Morgan fingerprint density at radius 2 is 2.04 bits per heavy atom. The lowest BCUT2D eigenvalue weighted by Gasteiger charge is -2.14. The van der Waals surface area contributed by atoms with Crippen molar-refractivity contribution in [3.8, 4) is 11.5 Å². The van der Waals surface area contributed by atoms with Gasteiger partial charge in [0.1, 0.15) is 0 Å². The first-order valence-electron chi connectivity index (χ1n) is 7.43. The van der Waals surface area contributed by atoms with Crippen LogP contribution in [0.25, 0.3) is 0 Å². The second-order valence-electron chi connectivity index (χ2n) is 5.35. The molecule has 8 heteroatoms. The molecule has 2 rings (SSSR count). The van der Waals surface area contributed by atoms with Gasteiger partial charge in [0.25, 0.3) is 0 Å². The quantitative estimate of drug-likeness (QED) is 0.749. The first kappa shape index (κ1) is 18.1. The maximum Gasteiger partial charge on any atom is 0.422 e. The van der Waals surface area contributed by atoms with Crippen molar-refractivity contribution in [1.82, 2.24) is 15.1 Å². The molecule has 1 heterocycles. The molecule has 0 aliphatic carbocycles. The first-order valence-corrected chi connectivity index (χ1v) is 7.43. The van der Waals surface area contributed by atoms with Crippen molar-refractivity contribution in [2.45, 2.75) is 26.2 Å². The maximum atomic E-state index is 12.2. The number of rotatable bonds is 8. The average Bonchev–Trinajstić information content (AvgIpc) is 2.94. The molecule has 0 saturated heterocycles. The van der Waals surface area contributed by atoms with E-state index >= 15 is 0 Å². The van der Waals surface area contributed by atoms with Crippen LogP contribution in [0.15, 0.2) is 30.6 Å². The van der Waals surface area contributed by atoms with Crippen LogP contribution < -0.4 is 14.8 Å². The van der Waals surface area contributed by atoms with Crippen LogP contribution in [0.1, 0.15) is 11.1 Å². The van der Waals surface area contributed by atoms with Crippen LogP contribution >= 0.6 is 0 Å². The van der Waals surface area contributed by atoms with E-state index < -0.39 is 12.8 Å². The highest BCUT2D eigenvalue weighted by Gasteiger charge is 2.29. The van der Waals surface area contributed by atoms with Gasteiger partial charge in [-0.2, -0.15) is 18.3 Å². The van der Waals surface area contributed by atoms with Crippen LogP contribution in [0, 0.1) is 6.92 Å². The molecule has 0 fully saturated rings. The monoisotopic (exact) mass is 343 g/mol. The van der Waals surface area contributed by atoms with Crippen LogP contribution in [-0.2, 0) is 13.1 Å². The summed E-state index contributed by atoms with van der Waals surface area (Å²) >= 11 is 0. The highest BCUT2D eigenvalue weighted by molar-refractivity contribution is 5.43. The molecule has 1 N–H and O–H groups in total. The maximum absolute atomic E-state index is 12.2. The van der Waals surface area contributed by atoms with Crippen LogP contribution in [0.3, 0.4) is 0 Å². The Morgan fingerprint density at radius 1 is 1.25 bits per heavy atom. The molecular formula is C16H20F3N3O2. The standard InChI is InChI=1S/C16H20F3N3O2/c1-12-8-21-22(10-12)6-5-20-9-13-3-4-14(15(7-13)23-2)24-11-16(17,18)19/h3-4,7-8,10,20H,5-6,9,11H2,1-2H3. The van der Waals surface area contributed by atoms with Crippen molar-refractivity contribution in [2.24, 2.45) is 0 Å². The van der Waals surface area contributed by atoms with Gasteiger partial charge < -0.3 is 14.8 Å². The largest absolute Gasteiger partial charge is 0.493 e. The van der Waals surface area contributed by atoms with Gasteiger partial charge in [-0.25, -0.2) is 0 Å². The number of nitrogens with zero attached hydrogens (tertiary/aromatic N) is 2. The fraction of sp³-hybridized carbons (Fsp3) is 0.438. The van der Waals surface area contributed by atoms with E-state index in [2.05, 4.69) is 10.4 Å². The third kappa shape index (κ3) is 5.77. The zero-order valence-corrected chi connectivity index (χ0v) is 13.6. The van der Waals surface area contributed by atoms with Crippen LogP contribution in [0.4, 0.5) is 13.2 Å². The van der Waals surface area contributed by atoms with Gasteiger partial charge in [0.15, 0.2) is 18.1 Å². The Labute approximate surface area is 138 Å². The smallest absolute Gasteiger partial charge is 0.422 e. The Morgan fingerprint density at radius 3 is 2.67 bits per heavy atom. The Balaban J connectivity index is 1.84. The minimum absolute atomic E-state index is 0.0746. The molecule has 0 unspecified atom stereocenters. The van der Waals surface area contributed by atoms with Crippen molar-refractivity contribution >= 4 is 0 Å². The molecule has 1 aromatic carbocycles. The summed E-state index contributed by atoms with van der Waals surface area (Å²) in [4.78, 5) is 0. The lowest BCUT2D eigenvalue weighted by molar-refractivity contribution is -0.153. The van der Waals surface area contributed by atoms with E-state index in [0.29, 0.717) is 6.54 Å². The van der Waals surface area contributed by atoms with Gasteiger partial charge in [-0.15, -0.1) is 0 Å². The first-order chi connectivity index (χ1) is 11.4. The number of ether oxygens (including phenoxy) is 2. The van der Waals surface area contributed by atoms with Crippen molar-refractivity contribution in [1.29, 1.82) is 0 Å². The SMILES string of the molecule is COc1cc(CNCCn2cc(C)cn2)ccc1OCC(F)(F)F. The fourth-order valence-electron chi connectivity index (χ4n) is 2.12. The van der Waals surface area contributed by atoms with Gasteiger partial charge in [-0.1, -0.05) is 6.07 Å². The number of hydrogen-bond donors (Lipinski definition) is 1. The lowest BCUT2D eigenvalue weighted by Crippen LogP contribution is -2.20. The molecule has 0 aliphatic heterocycles. The van der Waals surface area contributed by atoms with Crippen molar-refractivity contribution in [3.05, 3.63) is 41.7 Å². The topological polar surface area (TPSA) is 48.3 Å². The molecule has 0 spiro atoms. The molecule has 132 valence electrons. The lowest BCUT2D eigenvalue weighted by atomic mass is 10.2. The third-order valence-corrected chi connectivity index (χ3v) is 3.23. The minimum atomic E-state index is -4.38. The molecule has 0 bridgehead atoms. The molecule has 0 aliphatic rings. The highest BCUT2D eigenvalue weighted by Crippen LogP contribution is 2.29. The predicted octanol–water partition coefficient (Wildman–Crippen LogP) is 2.93. The number of nitrogens with one attached hydrogen (secondary N) is 1. The molecule has 0 radical (unpaired) electrons.